The Morgan fingerprint density at radius 3 is 1.93 bits per heavy atom. The van der Waals surface area contributed by atoms with Crippen LogP contribution >= 0.6 is 0 Å². The lowest BCUT2D eigenvalue weighted by atomic mass is 9.89. The van der Waals surface area contributed by atoms with Crippen LogP contribution < -0.4 is 0 Å². The fourth-order valence-corrected chi connectivity index (χ4v) is 7.44. The van der Waals surface area contributed by atoms with Crippen LogP contribution in [0.3, 0.4) is 0 Å². The van der Waals surface area contributed by atoms with E-state index in [9.17, 15) is 0 Å². The molecule has 1 aliphatic carbocycles. The monoisotopic (exact) mass is 573 g/mol. The van der Waals surface area contributed by atoms with E-state index >= 15 is 0 Å². The Labute approximate surface area is 263 Å². The molecule has 1 heteroatoms. The molecule has 1 nitrogen and oxygen atoms in total. The molecular weight excluding hydrogens is 542 g/mol. The van der Waals surface area contributed by atoms with Gasteiger partial charge in [-0.1, -0.05) is 133 Å². The second-order valence-corrected chi connectivity index (χ2v) is 12.1. The van der Waals surface area contributed by atoms with E-state index in [1.807, 2.05) is 0 Å². The van der Waals surface area contributed by atoms with E-state index in [0.29, 0.717) is 5.92 Å². The number of hydrogen-bond donors (Lipinski definition) is 0. The SMILES string of the molecule is c1ccc(CC2c3ccccc3-c3cc(-c4cccc(-n5c6ccccc6c6cc(-c7ccccc7)ccc65)c4)ccc32)cc1. The molecule has 1 aromatic heterocycles. The Morgan fingerprint density at radius 1 is 0.400 bits per heavy atom. The fourth-order valence-electron chi connectivity index (χ4n) is 7.44. The highest BCUT2D eigenvalue weighted by atomic mass is 15.0. The molecule has 0 N–H and O–H groups in total. The van der Waals surface area contributed by atoms with Crippen LogP contribution in [0.25, 0.3) is 60.9 Å². The summed E-state index contributed by atoms with van der Waals surface area (Å²) in [5.74, 6) is 0.373. The van der Waals surface area contributed by atoms with E-state index in [1.54, 1.807) is 0 Å². The van der Waals surface area contributed by atoms with Gasteiger partial charge in [0.05, 0.1) is 11.0 Å². The van der Waals surface area contributed by atoms with Crippen molar-refractivity contribution in [2.24, 2.45) is 0 Å². The summed E-state index contributed by atoms with van der Waals surface area (Å²) in [6.45, 7) is 0. The van der Waals surface area contributed by atoms with Crippen molar-refractivity contribution in [3.05, 3.63) is 187 Å². The lowest BCUT2D eigenvalue weighted by molar-refractivity contribution is 0.827. The molecule has 1 heterocycles. The van der Waals surface area contributed by atoms with Gasteiger partial charge in [0.1, 0.15) is 0 Å². The average molecular weight is 574 g/mol. The topological polar surface area (TPSA) is 4.93 Å². The minimum atomic E-state index is 0.373. The molecule has 0 saturated heterocycles. The quantitative estimate of drug-likeness (QED) is 0.193. The maximum absolute atomic E-state index is 2.42. The van der Waals surface area contributed by atoms with Crippen molar-refractivity contribution >= 4 is 21.8 Å². The van der Waals surface area contributed by atoms with Crippen molar-refractivity contribution in [1.29, 1.82) is 0 Å². The zero-order chi connectivity index (χ0) is 29.7. The van der Waals surface area contributed by atoms with Crippen molar-refractivity contribution in [2.75, 3.05) is 0 Å². The maximum Gasteiger partial charge on any atom is 0.0541 e. The summed E-state index contributed by atoms with van der Waals surface area (Å²) in [5, 5.41) is 2.55. The van der Waals surface area contributed by atoms with Gasteiger partial charge in [-0.25, -0.2) is 0 Å². The molecule has 0 spiro atoms. The number of aromatic nitrogens is 1. The highest BCUT2D eigenvalue weighted by molar-refractivity contribution is 6.10. The van der Waals surface area contributed by atoms with Gasteiger partial charge in [0, 0.05) is 22.4 Å². The van der Waals surface area contributed by atoms with Crippen LogP contribution in [0.15, 0.2) is 170 Å². The molecule has 1 atom stereocenters. The molecular formula is C44H31N. The van der Waals surface area contributed by atoms with Gasteiger partial charge in [-0.3, -0.25) is 0 Å². The van der Waals surface area contributed by atoms with Gasteiger partial charge in [0.15, 0.2) is 0 Å². The maximum atomic E-state index is 2.42. The highest BCUT2D eigenvalue weighted by Gasteiger charge is 2.28. The number of para-hydroxylation sites is 1. The van der Waals surface area contributed by atoms with Crippen LogP contribution in [0.5, 0.6) is 0 Å². The summed E-state index contributed by atoms with van der Waals surface area (Å²) >= 11 is 0. The van der Waals surface area contributed by atoms with Crippen LogP contribution in [0.1, 0.15) is 22.6 Å². The second kappa shape index (κ2) is 10.5. The summed E-state index contributed by atoms with van der Waals surface area (Å²) in [5.41, 5.74) is 15.5. The molecule has 0 saturated carbocycles. The van der Waals surface area contributed by atoms with Gasteiger partial charge in [-0.05, 0) is 92.9 Å². The van der Waals surface area contributed by atoms with Crippen LogP contribution in [0.2, 0.25) is 0 Å². The fraction of sp³-hybridized carbons (Fsp3) is 0.0455. The summed E-state index contributed by atoms with van der Waals surface area (Å²) in [6.07, 6.45) is 1.01. The van der Waals surface area contributed by atoms with Crippen molar-refractivity contribution in [3.8, 4) is 39.1 Å². The number of hydrogen-bond acceptors (Lipinski definition) is 0. The van der Waals surface area contributed by atoms with Gasteiger partial charge in [-0.15, -0.1) is 0 Å². The second-order valence-electron chi connectivity index (χ2n) is 12.1. The van der Waals surface area contributed by atoms with Gasteiger partial charge in [0.25, 0.3) is 0 Å². The number of nitrogens with zero attached hydrogens (tertiary/aromatic N) is 1. The summed E-state index contributed by atoms with van der Waals surface area (Å²) in [4.78, 5) is 0. The van der Waals surface area contributed by atoms with E-state index in [1.165, 1.54) is 77.6 Å². The van der Waals surface area contributed by atoms with Crippen LogP contribution in [0, 0.1) is 0 Å². The normalized spacial score (nSPS) is 13.6. The van der Waals surface area contributed by atoms with Gasteiger partial charge >= 0.3 is 0 Å². The predicted molar refractivity (Wildman–Crippen MR) is 189 cm³/mol. The zero-order valence-corrected chi connectivity index (χ0v) is 24.9. The first kappa shape index (κ1) is 25.8. The van der Waals surface area contributed by atoms with Gasteiger partial charge in [0.2, 0.25) is 0 Å². The summed E-state index contributed by atoms with van der Waals surface area (Å²) < 4.78 is 2.42. The Balaban J connectivity index is 1.15. The molecule has 0 fully saturated rings. The molecule has 8 aromatic rings. The lowest BCUT2D eigenvalue weighted by Crippen LogP contribution is -2.01. The summed E-state index contributed by atoms with van der Waals surface area (Å²) in [7, 11) is 0. The van der Waals surface area contributed by atoms with Crippen molar-refractivity contribution < 1.29 is 0 Å². The molecule has 9 rings (SSSR count). The Hall–Kier alpha value is -5.66. The third-order valence-electron chi connectivity index (χ3n) is 9.56. The number of rotatable bonds is 5. The van der Waals surface area contributed by atoms with Crippen molar-refractivity contribution in [1.82, 2.24) is 4.57 Å². The van der Waals surface area contributed by atoms with E-state index in [-0.39, 0.29) is 0 Å². The van der Waals surface area contributed by atoms with E-state index < -0.39 is 0 Å². The Kier molecular flexibility index (Phi) is 6.02. The first-order chi connectivity index (χ1) is 22.3. The average Bonchev–Trinajstić information content (AvgIpc) is 3.61. The minimum absolute atomic E-state index is 0.373. The Bertz CT molecular complexity index is 2340. The van der Waals surface area contributed by atoms with Crippen LogP contribution in [-0.2, 0) is 6.42 Å². The number of benzene rings is 7. The van der Waals surface area contributed by atoms with Gasteiger partial charge in [-0.2, -0.15) is 0 Å². The molecule has 212 valence electrons. The predicted octanol–water partition coefficient (Wildman–Crippen LogP) is 11.5. The molecule has 0 radical (unpaired) electrons. The molecule has 45 heavy (non-hydrogen) atoms. The zero-order valence-electron chi connectivity index (χ0n) is 24.9. The standard InChI is InChI=1S/C44H31N/c1-3-12-30(13-4-1)26-40-36-18-7-8-19-37(36)41-28-34(22-24-38(40)41)32-16-11-17-35(27-32)45-43-21-10-9-20-39(43)42-29-33(23-25-44(42)45)31-14-5-2-6-15-31/h1-25,27-29,40H,26H2. The first-order valence-electron chi connectivity index (χ1n) is 15.8. The van der Waals surface area contributed by atoms with Gasteiger partial charge < -0.3 is 4.57 Å². The molecule has 0 bridgehead atoms. The molecule has 0 amide bonds. The first-order valence-corrected chi connectivity index (χ1v) is 15.8. The van der Waals surface area contributed by atoms with E-state index in [0.717, 1.165) is 6.42 Å². The minimum Gasteiger partial charge on any atom is -0.309 e. The molecule has 7 aromatic carbocycles. The molecule has 1 aliphatic rings. The highest BCUT2D eigenvalue weighted by Crippen LogP contribution is 2.47. The summed E-state index contributed by atoms with van der Waals surface area (Å²) in [6, 6.07) is 62.3. The molecule has 0 aliphatic heterocycles. The van der Waals surface area contributed by atoms with E-state index in [4.69, 9.17) is 0 Å². The molecule has 1 unspecified atom stereocenters. The third-order valence-corrected chi connectivity index (χ3v) is 9.56. The smallest absolute Gasteiger partial charge is 0.0541 e. The van der Waals surface area contributed by atoms with Crippen LogP contribution in [0.4, 0.5) is 0 Å². The number of fused-ring (bicyclic) bond motifs is 6. The Morgan fingerprint density at radius 2 is 1.04 bits per heavy atom. The third kappa shape index (κ3) is 4.31. The van der Waals surface area contributed by atoms with Crippen molar-refractivity contribution in [3.63, 3.8) is 0 Å². The van der Waals surface area contributed by atoms with Crippen molar-refractivity contribution in [2.45, 2.75) is 12.3 Å². The lowest BCUT2D eigenvalue weighted by Gasteiger charge is -2.15. The van der Waals surface area contributed by atoms with E-state index in [2.05, 4.69) is 174 Å². The van der Waals surface area contributed by atoms with Crippen LogP contribution in [-0.4, -0.2) is 4.57 Å². The largest absolute Gasteiger partial charge is 0.309 e.